The Bertz CT molecular complexity index is 632. The van der Waals surface area contributed by atoms with Crippen molar-refractivity contribution in [1.82, 2.24) is 4.98 Å². The van der Waals surface area contributed by atoms with Gasteiger partial charge in [-0.3, -0.25) is 4.98 Å². The number of hydrogen-bond donors (Lipinski definition) is 1. The molecule has 104 valence electrons. The lowest BCUT2D eigenvalue weighted by Crippen LogP contribution is -2.09. The highest BCUT2D eigenvalue weighted by Crippen LogP contribution is 2.22. The Morgan fingerprint density at radius 1 is 1.35 bits per heavy atom. The Hall–Kier alpha value is -1.40. The maximum Gasteiger partial charge on any atom is 0.339 e. The summed E-state index contributed by atoms with van der Waals surface area (Å²) in [6.45, 7) is 0.502. The number of rotatable bonds is 4. The molecule has 2 rings (SSSR count). The van der Waals surface area contributed by atoms with Gasteiger partial charge in [0.2, 0.25) is 0 Å². The molecule has 0 radical (unpaired) electrons. The van der Waals surface area contributed by atoms with Crippen LogP contribution in [0.2, 0.25) is 0 Å². The monoisotopic (exact) mass is 398 g/mol. The first-order valence-corrected chi connectivity index (χ1v) is 7.41. The molecule has 1 aromatic carbocycles. The van der Waals surface area contributed by atoms with E-state index in [-0.39, 0.29) is 5.97 Å². The van der Waals surface area contributed by atoms with Crippen LogP contribution >= 0.6 is 31.9 Å². The van der Waals surface area contributed by atoms with Crippen molar-refractivity contribution < 1.29 is 9.53 Å². The second-order valence-electron chi connectivity index (χ2n) is 3.97. The van der Waals surface area contributed by atoms with Gasteiger partial charge in [0.15, 0.2) is 0 Å². The Morgan fingerprint density at radius 3 is 2.80 bits per heavy atom. The van der Waals surface area contributed by atoms with E-state index in [1.54, 1.807) is 18.3 Å². The van der Waals surface area contributed by atoms with Gasteiger partial charge in [-0.1, -0.05) is 12.1 Å². The summed E-state index contributed by atoms with van der Waals surface area (Å²) in [4.78, 5) is 16.0. The number of pyridine rings is 1. The van der Waals surface area contributed by atoms with Crippen molar-refractivity contribution in [2.24, 2.45) is 0 Å². The van der Waals surface area contributed by atoms with Gasteiger partial charge in [0.25, 0.3) is 0 Å². The van der Waals surface area contributed by atoms with Gasteiger partial charge in [0.1, 0.15) is 0 Å². The zero-order valence-corrected chi connectivity index (χ0v) is 13.9. The van der Waals surface area contributed by atoms with Crippen molar-refractivity contribution >= 4 is 43.5 Å². The van der Waals surface area contributed by atoms with E-state index in [9.17, 15) is 4.79 Å². The lowest BCUT2D eigenvalue weighted by atomic mass is 10.2. The average Bonchev–Trinajstić information content (AvgIpc) is 2.46. The van der Waals surface area contributed by atoms with E-state index in [0.717, 1.165) is 20.3 Å². The number of aromatic nitrogens is 1. The fraction of sp³-hybridized carbons (Fsp3) is 0.143. The number of methoxy groups -OCH3 is 1. The van der Waals surface area contributed by atoms with E-state index >= 15 is 0 Å². The molecule has 0 aliphatic carbocycles. The molecular weight excluding hydrogens is 388 g/mol. The molecule has 0 saturated heterocycles. The first-order valence-electron chi connectivity index (χ1n) is 5.83. The molecule has 2 aromatic rings. The second kappa shape index (κ2) is 6.85. The molecule has 1 heterocycles. The summed E-state index contributed by atoms with van der Waals surface area (Å²) in [7, 11) is 1.37. The van der Waals surface area contributed by atoms with Crippen molar-refractivity contribution in [3.05, 3.63) is 56.7 Å². The van der Waals surface area contributed by atoms with Gasteiger partial charge < -0.3 is 10.1 Å². The molecule has 0 fully saturated rings. The molecule has 0 amide bonds. The number of benzene rings is 1. The summed E-state index contributed by atoms with van der Waals surface area (Å²) in [6, 6.07) is 9.14. The highest BCUT2D eigenvalue weighted by atomic mass is 79.9. The van der Waals surface area contributed by atoms with E-state index < -0.39 is 0 Å². The number of para-hydroxylation sites is 1. The number of carbonyl (C=O) groups is 1. The molecule has 1 aromatic heterocycles. The number of carbonyl (C=O) groups excluding carboxylic acids is 1. The fourth-order valence-corrected chi connectivity index (χ4v) is 2.80. The molecule has 1 N–H and O–H groups in total. The molecule has 0 bridgehead atoms. The minimum absolute atomic E-state index is 0.365. The summed E-state index contributed by atoms with van der Waals surface area (Å²) < 4.78 is 6.56. The molecule has 0 atom stereocenters. The van der Waals surface area contributed by atoms with Gasteiger partial charge in [0.05, 0.1) is 24.9 Å². The number of nitrogens with one attached hydrogen (secondary N) is 1. The van der Waals surface area contributed by atoms with Crippen molar-refractivity contribution in [2.45, 2.75) is 6.54 Å². The van der Waals surface area contributed by atoms with Crippen LogP contribution < -0.4 is 5.32 Å². The van der Waals surface area contributed by atoms with Crippen LogP contribution in [0, 0.1) is 0 Å². The van der Waals surface area contributed by atoms with Crippen LogP contribution in [0.15, 0.2) is 45.5 Å². The van der Waals surface area contributed by atoms with Crippen LogP contribution in [-0.2, 0) is 11.3 Å². The van der Waals surface area contributed by atoms with E-state index in [0.29, 0.717) is 12.1 Å². The summed E-state index contributed by atoms with van der Waals surface area (Å²) in [5.41, 5.74) is 2.08. The second-order valence-corrected chi connectivity index (χ2v) is 5.74. The summed E-state index contributed by atoms with van der Waals surface area (Å²) in [6.07, 6.45) is 1.73. The molecule has 0 saturated carbocycles. The van der Waals surface area contributed by atoms with Crippen LogP contribution in [0.3, 0.4) is 0 Å². The molecule has 0 spiro atoms. The zero-order valence-electron chi connectivity index (χ0n) is 10.7. The van der Waals surface area contributed by atoms with Crippen molar-refractivity contribution in [3.63, 3.8) is 0 Å². The van der Waals surface area contributed by atoms with Crippen LogP contribution in [0.4, 0.5) is 5.69 Å². The van der Waals surface area contributed by atoms with Gasteiger partial charge >= 0.3 is 5.97 Å². The van der Waals surface area contributed by atoms with Crippen molar-refractivity contribution in [3.8, 4) is 0 Å². The van der Waals surface area contributed by atoms with Crippen molar-refractivity contribution in [1.29, 1.82) is 0 Å². The molecule has 0 aliphatic heterocycles. The third-order valence-corrected chi connectivity index (χ3v) is 3.78. The molecule has 20 heavy (non-hydrogen) atoms. The van der Waals surface area contributed by atoms with Gasteiger partial charge in [-0.05, 0) is 50.1 Å². The Morgan fingerprint density at radius 2 is 2.10 bits per heavy atom. The largest absolute Gasteiger partial charge is 0.465 e. The third kappa shape index (κ3) is 3.58. The molecule has 0 aliphatic rings. The standard InChI is InChI=1S/C14H12Br2N2O2/c1-20-14(19)10-4-2-3-5-12(10)18-8-13-11(16)6-9(15)7-17-13/h2-7,18H,8H2,1H3. The summed E-state index contributed by atoms with van der Waals surface area (Å²) in [5, 5.41) is 3.20. The number of anilines is 1. The van der Waals surface area contributed by atoms with Gasteiger partial charge in [-0.2, -0.15) is 0 Å². The normalized spacial score (nSPS) is 10.2. The predicted molar refractivity (Wildman–Crippen MR) is 84.7 cm³/mol. The quantitative estimate of drug-likeness (QED) is 0.789. The minimum atomic E-state index is -0.365. The number of halogens is 2. The van der Waals surface area contributed by atoms with Gasteiger partial charge in [0, 0.05) is 20.8 Å². The zero-order chi connectivity index (χ0) is 14.5. The summed E-state index contributed by atoms with van der Waals surface area (Å²) in [5.74, 6) is -0.365. The molecule has 6 heteroatoms. The number of ether oxygens (including phenoxy) is 1. The van der Waals surface area contributed by atoms with Gasteiger partial charge in [-0.25, -0.2) is 4.79 Å². The van der Waals surface area contributed by atoms with Crippen LogP contribution in [0.5, 0.6) is 0 Å². The maximum atomic E-state index is 11.7. The number of nitrogens with zero attached hydrogens (tertiary/aromatic N) is 1. The first kappa shape index (κ1) is 15.0. The van der Waals surface area contributed by atoms with E-state index in [1.165, 1.54) is 7.11 Å². The summed E-state index contributed by atoms with van der Waals surface area (Å²) >= 11 is 6.82. The van der Waals surface area contributed by atoms with E-state index in [2.05, 4.69) is 42.2 Å². The van der Waals surface area contributed by atoms with Crippen LogP contribution in [-0.4, -0.2) is 18.1 Å². The number of esters is 1. The minimum Gasteiger partial charge on any atom is -0.465 e. The molecule has 4 nitrogen and oxygen atoms in total. The van der Waals surface area contributed by atoms with Crippen molar-refractivity contribution in [2.75, 3.05) is 12.4 Å². The highest BCUT2D eigenvalue weighted by molar-refractivity contribution is 9.11. The van der Waals surface area contributed by atoms with E-state index in [1.807, 2.05) is 18.2 Å². The third-order valence-electron chi connectivity index (χ3n) is 2.66. The Kier molecular flexibility index (Phi) is 5.14. The first-order chi connectivity index (χ1) is 9.61. The fourth-order valence-electron chi connectivity index (χ4n) is 1.68. The average molecular weight is 400 g/mol. The van der Waals surface area contributed by atoms with E-state index in [4.69, 9.17) is 4.74 Å². The van der Waals surface area contributed by atoms with Gasteiger partial charge in [-0.15, -0.1) is 0 Å². The predicted octanol–water partition coefficient (Wildman–Crippen LogP) is 4.01. The molecular formula is C14H12Br2N2O2. The Balaban J connectivity index is 2.17. The number of hydrogen-bond acceptors (Lipinski definition) is 4. The maximum absolute atomic E-state index is 11.7. The Labute approximate surface area is 133 Å². The van der Waals surface area contributed by atoms with Crippen LogP contribution in [0.1, 0.15) is 16.1 Å². The smallest absolute Gasteiger partial charge is 0.339 e. The lowest BCUT2D eigenvalue weighted by Gasteiger charge is -2.11. The SMILES string of the molecule is COC(=O)c1ccccc1NCc1ncc(Br)cc1Br. The highest BCUT2D eigenvalue weighted by Gasteiger charge is 2.11. The molecule has 0 unspecified atom stereocenters. The topological polar surface area (TPSA) is 51.2 Å². The lowest BCUT2D eigenvalue weighted by molar-refractivity contribution is 0.0602. The van der Waals surface area contributed by atoms with Crippen LogP contribution in [0.25, 0.3) is 0 Å².